The minimum atomic E-state index is -5.17. The first kappa shape index (κ1) is 18.1. The predicted octanol–water partition coefficient (Wildman–Crippen LogP) is 1.49. The molecule has 0 fully saturated rings. The molecule has 0 spiro atoms. The molecular formula is C8H10N2O4PtS. The third kappa shape index (κ3) is 11.8. The predicted molar refractivity (Wildman–Crippen MR) is 53.2 cm³/mol. The molecule has 0 saturated heterocycles. The summed E-state index contributed by atoms with van der Waals surface area (Å²) >= 11 is 0. The fourth-order valence-corrected chi connectivity index (χ4v) is 0.803. The Morgan fingerprint density at radius 2 is 1.56 bits per heavy atom. The van der Waals surface area contributed by atoms with Crippen LogP contribution in [0.4, 0.5) is 0 Å². The van der Waals surface area contributed by atoms with Crippen LogP contribution in [0.2, 0.25) is 0 Å². The van der Waals surface area contributed by atoms with Crippen molar-refractivity contribution in [1.82, 2.24) is 0 Å². The van der Waals surface area contributed by atoms with Crippen molar-refractivity contribution >= 4 is 10.4 Å². The van der Waals surface area contributed by atoms with Crippen LogP contribution in [0.15, 0.2) is 30.3 Å². The van der Waals surface area contributed by atoms with Crippen molar-refractivity contribution in [2.45, 2.75) is 6.04 Å². The van der Waals surface area contributed by atoms with E-state index in [1.54, 1.807) is 0 Å². The van der Waals surface area contributed by atoms with Crippen LogP contribution in [0.1, 0.15) is 11.6 Å². The van der Waals surface area contributed by atoms with E-state index in [0.29, 0.717) is 0 Å². The van der Waals surface area contributed by atoms with Gasteiger partial charge in [-0.25, -0.2) is 0 Å². The molecule has 1 aromatic rings. The summed E-state index contributed by atoms with van der Waals surface area (Å²) in [5, 5.41) is 0. The van der Waals surface area contributed by atoms with Crippen molar-refractivity contribution in [3.05, 3.63) is 47.4 Å². The summed E-state index contributed by atoms with van der Waals surface area (Å²) in [6, 6.07) is 9.10. The van der Waals surface area contributed by atoms with Gasteiger partial charge in [0.05, 0.1) is 0 Å². The zero-order chi connectivity index (χ0) is 11.9. The van der Waals surface area contributed by atoms with E-state index in [4.69, 9.17) is 29.0 Å². The van der Waals surface area contributed by atoms with Crippen LogP contribution in [-0.2, 0) is 31.5 Å². The Bertz CT molecular complexity index is 363. The van der Waals surface area contributed by atoms with E-state index in [2.05, 4.69) is 0 Å². The molecule has 1 unspecified atom stereocenters. The normalized spacial score (nSPS) is 11.8. The average Bonchev–Trinajstić information content (AvgIpc) is 2.15. The maximum absolute atomic E-state index is 8.52. The van der Waals surface area contributed by atoms with Crippen LogP contribution in [0.5, 0.6) is 0 Å². The molecule has 6 nitrogen and oxygen atoms in total. The third-order valence-corrected chi connectivity index (χ3v) is 1.41. The standard InChI is InChI=1S/C8H10N2.H2O4S.Pt/c9-6-8(10)7-4-2-1-3-5-7;1-5(2,3)4;/h1-5,8-10H,6H2;(H2,1,2,3,4);/q-2;;+4/p-2. The van der Waals surface area contributed by atoms with Gasteiger partial charge in [-0.15, -0.1) is 6.04 Å². The van der Waals surface area contributed by atoms with Crippen molar-refractivity contribution in [3.63, 3.8) is 0 Å². The van der Waals surface area contributed by atoms with Crippen LogP contribution in [-0.4, -0.2) is 24.1 Å². The van der Waals surface area contributed by atoms with Gasteiger partial charge in [-0.3, -0.25) is 8.42 Å². The van der Waals surface area contributed by atoms with Crippen molar-refractivity contribution in [3.8, 4) is 0 Å². The summed E-state index contributed by atoms with van der Waals surface area (Å²) in [5.41, 5.74) is 15.3. The molecular weight excluding hydrogens is 415 g/mol. The van der Waals surface area contributed by atoms with E-state index in [-0.39, 0.29) is 33.7 Å². The average molecular weight is 425 g/mol. The van der Waals surface area contributed by atoms with Crippen LogP contribution in [0, 0.1) is 0 Å². The van der Waals surface area contributed by atoms with Crippen molar-refractivity contribution in [2.24, 2.45) is 0 Å². The summed E-state index contributed by atoms with van der Waals surface area (Å²) in [6.07, 6.45) is 0. The van der Waals surface area contributed by atoms with Gasteiger partial charge in [0.15, 0.2) is 0 Å². The van der Waals surface area contributed by atoms with Gasteiger partial charge in [-0.05, 0) is 0 Å². The molecule has 0 aliphatic rings. The molecule has 1 rings (SSSR count). The molecule has 16 heavy (non-hydrogen) atoms. The first-order chi connectivity index (χ1) is 6.84. The topological polar surface area (TPSA) is 128 Å². The fourth-order valence-electron chi connectivity index (χ4n) is 0.803. The second-order valence-corrected chi connectivity index (χ2v) is 3.39. The molecule has 0 radical (unpaired) electrons. The maximum atomic E-state index is 8.52. The molecule has 2 N–H and O–H groups in total. The van der Waals surface area contributed by atoms with Crippen LogP contribution in [0.3, 0.4) is 0 Å². The van der Waals surface area contributed by atoms with Crippen LogP contribution < -0.4 is 0 Å². The molecule has 0 bridgehead atoms. The number of benzene rings is 1. The Morgan fingerprint density at radius 1 is 1.19 bits per heavy atom. The van der Waals surface area contributed by atoms with Gasteiger partial charge in [0.1, 0.15) is 0 Å². The Balaban J connectivity index is 0. The van der Waals surface area contributed by atoms with Crippen LogP contribution in [0.25, 0.3) is 11.5 Å². The first-order valence-electron chi connectivity index (χ1n) is 3.92. The second-order valence-electron chi connectivity index (χ2n) is 2.58. The summed E-state index contributed by atoms with van der Waals surface area (Å²) in [6.45, 7) is 0.143. The molecule has 92 valence electrons. The molecule has 1 atom stereocenters. The van der Waals surface area contributed by atoms with Crippen molar-refractivity contribution < 1.29 is 38.6 Å². The smallest absolute Gasteiger partial charge is 0.759 e. The fraction of sp³-hybridized carbons (Fsp3) is 0.250. The SMILES string of the molecule is O=S(=O)([O-])[O-].[NH-]CC([NH-])c1ccccc1.[Pt+4]. The Morgan fingerprint density at radius 3 is 1.88 bits per heavy atom. The van der Waals surface area contributed by atoms with Gasteiger partial charge in [0.2, 0.25) is 0 Å². The van der Waals surface area contributed by atoms with E-state index in [1.807, 2.05) is 30.3 Å². The van der Waals surface area contributed by atoms with E-state index in [9.17, 15) is 0 Å². The Labute approximate surface area is 109 Å². The summed E-state index contributed by atoms with van der Waals surface area (Å²) in [5.74, 6) is 0. The molecule has 0 aliphatic carbocycles. The zero-order valence-electron chi connectivity index (χ0n) is 8.03. The number of hydrogen-bond acceptors (Lipinski definition) is 4. The van der Waals surface area contributed by atoms with Gasteiger partial charge in [0.25, 0.3) is 0 Å². The third-order valence-electron chi connectivity index (χ3n) is 1.41. The van der Waals surface area contributed by atoms with Crippen molar-refractivity contribution in [2.75, 3.05) is 6.54 Å². The van der Waals surface area contributed by atoms with E-state index in [1.165, 1.54) is 0 Å². The van der Waals surface area contributed by atoms with Gasteiger partial charge < -0.3 is 20.6 Å². The molecule has 0 amide bonds. The van der Waals surface area contributed by atoms with Gasteiger partial charge in [-0.1, -0.05) is 35.9 Å². The van der Waals surface area contributed by atoms with Gasteiger partial charge in [0, 0.05) is 10.4 Å². The summed E-state index contributed by atoms with van der Waals surface area (Å²) < 4.78 is 34.1. The number of hydrogen-bond donors (Lipinski definition) is 0. The van der Waals surface area contributed by atoms with Gasteiger partial charge in [-0.2, -0.15) is 6.54 Å². The maximum Gasteiger partial charge on any atom is 4.00 e. The molecule has 0 aliphatic heterocycles. The largest absolute Gasteiger partial charge is 4.00 e. The van der Waals surface area contributed by atoms with E-state index in [0.717, 1.165) is 5.56 Å². The quantitative estimate of drug-likeness (QED) is 0.525. The molecule has 0 heterocycles. The van der Waals surface area contributed by atoms with Gasteiger partial charge >= 0.3 is 21.1 Å². The number of rotatable bonds is 2. The van der Waals surface area contributed by atoms with E-state index < -0.39 is 10.4 Å². The molecule has 1 aromatic carbocycles. The Hall–Kier alpha value is -0.302. The monoisotopic (exact) mass is 425 g/mol. The first-order valence-corrected chi connectivity index (χ1v) is 5.25. The molecule has 0 saturated carbocycles. The summed E-state index contributed by atoms with van der Waals surface area (Å²) in [4.78, 5) is 0. The van der Waals surface area contributed by atoms with E-state index >= 15 is 0 Å². The zero-order valence-corrected chi connectivity index (χ0v) is 11.1. The number of nitrogens with one attached hydrogen (secondary N) is 2. The minimum Gasteiger partial charge on any atom is -0.759 e. The minimum absolute atomic E-state index is 0. The molecule has 8 heteroatoms. The second kappa shape index (κ2) is 8.81. The molecule has 0 aromatic heterocycles. The van der Waals surface area contributed by atoms with Crippen molar-refractivity contribution in [1.29, 1.82) is 0 Å². The Kier molecular flexibility index (Phi) is 9.95. The van der Waals surface area contributed by atoms with Crippen LogP contribution >= 0.6 is 0 Å². The summed E-state index contributed by atoms with van der Waals surface area (Å²) in [7, 11) is -5.17.